The van der Waals surface area contributed by atoms with Crippen LogP contribution in [0, 0.1) is 0 Å². The van der Waals surface area contributed by atoms with Gasteiger partial charge in [0, 0.05) is 38.6 Å². The van der Waals surface area contributed by atoms with Gasteiger partial charge in [-0.3, -0.25) is 4.79 Å². The summed E-state index contributed by atoms with van der Waals surface area (Å²) in [5.74, 6) is 2.30. The molecule has 1 amide bonds. The fraction of sp³-hybridized carbons (Fsp3) is 0.333. The Morgan fingerprint density at radius 1 is 0.938 bits per heavy atom. The van der Waals surface area contributed by atoms with E-state index < -0.39 is 0 Å². The molecule has 0 aliphatic heterocycles. The quantitative estimate of drug-likeness (QED) is 0.585. The summed E-state index contributed by atoms with van der Waals surface area (Å²) >= 11 is 0. The maximum atomic E-state index is 12.9. The van der Waals surface area contributed by atoms with Crippen molar-refractivity contribution in [2.24, 2.45) is 0 Å². The van der Waals surface area contributed by atoms with E-state index in [0.717, 1.165) is 31.5 Å². The summed E-state index contributed by atoms with van der Waals surface area (Å²) < 4.78 is 5.83. The molecule has 0 radical (unpaired) electrons. The van der Waals surface area contributed by atoms with E-state index in [0.29, 0.717) is 23.1 Å². The molecular formula is C24H28N6O2. The van der Waals surface area contributed by atoms with Crippen LogP contribution in [0.5, 0.6) is 11.6 Å². The molecule has 2 aromatic heterocycles. The van der Waals surface area contributed by atoms with Crippen molar-refractivity contribution >= 4 is 17.7 Å². The molecule has 2 N–H and O–H groups in total. The summed E-state index contributed by atoms with van der Waals surface area (Å²) in [7, 11) is 3.91. The normalized spacial score (nSPS) is 17.9. The number of nitrogens with one attached hydrogen (secondary N) is 2. The highest BCUT2D eigenvalue weighted by Crippen LogP contribution is 2.25. The van der Waals surface area contributed by atoms with Gasteiger partial charge in [0.2, 0.25) is 11.8 Å². The molecule has 2 heterocycles. The highest BCUT2D eigenvalue weighted by Gasteiger charge is 2.24. The fourth-order valence-corrected chi connectivity index (χ4v) is 3.74. The molecule has 0 atom stereocenters. The number of anilines is 2. The van der Waals surface area contributed by atoms with Crippen LogP contribution in [-0.2, 0) is 0 Å². The third-order valence-electron chi connectivity index (χ3n) is 5.47. The van der Waals surface area contributed by atoms with Gasteiger partial charge in [0.25, 0.3) is 5.91 Å². The Kier molecular flexibility index (Phi) is 6.79. The van der Waals surface area contributed by atoms with Crippen LogP contribution in [0.4, 0.5) is 11.8 Å². The highest BCUT2D eigenvalue weighted by molar-refractivity contribution is 5.96. The van der Waals surface area contributed by atoms with E-state index in [2.05, 4.69) is 25.6 Å². The number of aromatic nitrogens is 3. The first-order chi connectivity index (χ1) is 15.6. The van der Waals surface area contributed by atoms with Gasteiger partial charge < -0.3 is 20.3 Å². The van der Waals surface area contributed by atoms with Crippen molar-refractivity contribution in [1.29, 1.82) is 0 Å². The van der Waals surface area contributed by atoms with E-state index in [4.69, 9.17) is 4.74 Å². The Morgan fingerprint density at radius 3 is 2.44 bits per heavy atom. The molecule has 3 aromatic rings. The molecule has 8 heteroatoms. The molecule has 1 aliphatic carbocycles. The lowest BCUT2D eigenvalue weighted by molar-refractivity contribution is 0.0923. The van der Waals surface area contributed by atoms with Crippen molar-refractivity contribution in [2.45, 2.75) is 37.8 Å². The first kappa shape index (κ1) is 21.5. The summed E-state index contributed by atoms with van der Waals surface area (Å²) in [4.78, 5) is 28.0. The van der Waals surface area contributed by atoms with E-state index in [9.17, 15) is 4.79 Å². The number of carbonyl (C=O) groups is 1. The Labute approximate surface area is 188 Å². The third-order valence-corrected chi connectivity index (χ3v) is 5.47. The van der Waals surface area contributed by atoms with Crippen LogP contribution in [0.2, 0.25) is 0 Å². The molecule has 4 rings (SSSR count). The highest BCUT2D eigenvalue weighted by atomic mass is 16.5. The van der Waals surface area contributed by atoms with Crippen molar-refractivity contribution in [3.05, 3.63) is 66.5 Å². The van der Waals surface area contributed by atoms with E-state index >= 15 is 0 Å². The van der Waals surface area contributed by atoms with Crippen LogP contribution in [0.25, 0.3) is 0 Å². The Morgan fingerprint density at radius 2 is 1.69 bits per heavy atom. The Hall–Kier alpha value is -3.68. The van der Waals surface area contributed by atoms with Crippen LogP contribution >= 0.6 is 0 Å². The number of rotatable bonds is 7. The number of benzene rings is 1. The topological polar surface area (TPSA) is 92.3 Å². The second kappa shape index (κ2) is 10.1. The Bertz CT molecular complexity index is 1040. The monoisotopic (exact) mass is 432 g/mol. The zero-order valence-electron chi connectivity index (χ0n) is 18.4. The van der Waals surface area contributed by atoms with Crippen LogP contribution < -0.4 is 20.3 Å². The minimum absolute atomic E-state index is 0.111. The van der Waals surface area contributed by atoms with Gasteiger partial charge in [0.05, 0.1) is 0 Å². The van der Waals surface area contributed by atoms with Crippen LogP contribution in [0.3, 0.4) is 0 Å². The predicted molar refractivity (Wildman–Crippen MR) is 124 cm³/mol. The predicted octanol–water partition coefficient (Wildman–Crippen LogP) is 3.88. The first-order valence-corrected chi connectivity index (χ1v) is 10.8. The van der Waals surface area contributed by atoms with Crippen LogP contribution in [0.1, 0.15) is 36.0 Å². The lowest BCUT2D eigenvalue weighted by Gasteiger charge is -2.30. The van der Waals surface area contributed by atoms with E-state index in [1.807, 2.05) is 55.4 Å². The Balaban J connectivity index is 1.32. The SMILES string of the molecule is CN(C)c1ccnc(N[C@H]2CC[C@@H](NC(=O)c3cccnc3Oc3ccccc3)CC2)n1. The summed E-state index contributed by atoms with van der Waals surface area (Å²) in [5, 5.41) is 6.57. The minimum atomic E-state index is -0.164. The molecule has 0 bridgehead atoms. The summed E-state index contributed by atoms with van der Waals surface area (Å²) in [6.07, 6.45) is 7.01. The second-order valence-electron chi connectivity index (χ2n) is 8.07. The molecule has 1 aliphatic rings. The standard InChI is InChI=1S/C24H28N6O2/c1-30(2)21-14-16-26-24(29-21)28-18-12-10-17(11-13-18)27-22(31)20-9-6-15-25-23(20)32-19-7-4-3-5-8-19/h3-9,14-18H,10-13H2,1-2H3,(H,27,31)(H,26,28,29)/t17-,18+. The average molecular weight is 433 g/mol. The molecular weight excluding hydrogens is 404 g/mol. The number of nitrogens with zero attached hydrogens (tertiary/aromatic N) is 4. The summed E-state index contributed by atoms with van der Waals surface area (Å²) in [6.45, 7) is 0. The number of hydrogen-bond acceptors (Lipinski definition) is 7. The smallest absolute Gasteiger partial charge is 0.257 e. The third kappa shape index (κ3) is 5.51. The molecule has 0 unspecified atom stereocenters. The number of para-hydroxylation sites is 1. The van der Waals surface area contributed by atoms with Crippen molar-refractivity contribution in [3.8, 4) is 11.6 Å². The molecule has 32 heavy (non-hydrogen) atoms. The van der Waals surface area contributed by atoms with Crippen LogP contribution in [0.15, 0.2) is 60.9 Å². The zero-order chi connectivity index (χ0) is 22.3. The average Bonchev–Trinajstić information content (AvgIpc) is 2.81. The van der Waals surface area contributed by atoms with Gasteiger partial charge >= 0.3 is 0 Å². The van der Waals surface area contributed by atoms with E-state index in [-0.39, 0.29) is 18.0 Å². The van der Waals surface area contributed by atoms with Crippen molar-refractivity contribution in [2.75, 3.05) is 24.3 Å². The summed E-state index contributed by atoms with van der Waals surface area (Å²) in [6, 6.07) is 15.1. The maximum absolute atomic E-state index is 12.9. The summed E-state index contributed by atoms with van der Waals surface area (Å²) in [5.41, 5.74) is 0.436. The van der Waals surface area contributed by atoms with Gasteiger partial charge in [0.15, 0.2) is 0 Å². The molecule has 0 saturated heterocycles. The minimum Gasteiger partial charge on any atom is -0.438 e. The van der Waals surface area contributed by atoms with E-state index in [1.165, 1.54) is 0 Å². The van der Waals surface area contributed by atoms with Gasteiger partial charge in [-0.05, 0) is 56.0 Å². The largest absolute Gasteiger partial charge is 0.438 e. The molecule has 0 spiro atoms. The fourth-order valence-electron chi connectivity index (χ4n) is 3.74. The maximum Gasteiger partial charge on any atom is 0.257 e. The number of amides is 1. The lowest BCUT2D eigenvalue weighted by Crippen LogP contribution is -2.40. The number of carbonyl (C=O) groups excluding carboxylic acids is 1. The van der Waals surface area contributed by atoms with Gasteiger partial charge in [-0.1, -0.05) is 18.2 Å². The molecule has 1 aromatic carbocycles. The molecule has 166 valence electrons. The lowest BCUT2D eigenvalue weighted by atomic mass is 9.91. The van der Waals surface area contributed by atoms with Gasteiger partial charge in [-0.2, -0.15) is 4.98 Å². The zero-order valence-corrected chi connectivity index (χ0v) is 18.4. The van der Waals surface area contributed by atoms with Gasteiger partial charge in [0.1, 0.15) is 17.1 Å². The van der Waals surface area contributed by atoms with E-state index in [1.54, 1.807) is 24.5 Å². The van der Waals surface area contributed by atoms with Crippen molar-refractivity contribution in [1.82, 2.24) is 20.3 Å². The van der Waals surface area contributed by atoms with Gasteiger partial charge in [-0.15, -0.1) is 0 Å². The number of ether oxygens (including phenoxy) is 1. The molecule has 1 fully saturated rings. The number of pyridine rings is 1. The molecule has 8 nitrogen and oxygen atoms in total. The first-order valence-electron chi connectivity index (χ1n) is 10.8. The van der Waals surface area contributed by atoms with Crippen molar-refractivity contribution < 1.29 is 9.53 Å². The van der Waals surface area contributed by atoms with Crippen LogP contribution in [-0.4, -0.2) is 47.0 Å². The van der Waals surface area contributed by atoms with Gasteiger partial charge in [-0.25, -0.2) is 9.97 Å². The molecule has 1 saturated carbocycles. The second-order valence-corrected chi connectivity index (χ2v) is 8.07. The number of hydrogen-bond donors (Lipinski definition) is 2. The van der Waals surface area contributed by atoms with Crippen molar-refractivity contribution in [3.63, 3.8) is 0 Å².